The van der Waals surface area contributed by atoms with Crippen LogP contribution in [0.1, 0.15) is 18.8 Å². The normalized spacial score (nSPS) is 22.3. The van der Waals surface area contributed by atoms with E-state index >= 15 is 0 Å². The molecule has 1 aromatic carbocycles. The average Bonchev–Trinajstić information content (AvgIpc) is 2.87. The maximum atomic E-state index is 6.48. The molecule has 0 spiro atoms. The minimum atomic E-state index is -0.453. The minimum absolute atomic E-state index is 0.204. The lowest BCUT2D eigenvalue weighted by Crippen LogP contribution is -2.45. The molecule has 180 valence electrons. The van der Waals surface area contributed by atoms with Gasteiger partial charge in [0.1, 0.15) is 23.3 Å². The van der Waals surface area contributed by atoms with E-state index in [1.165, 1.54) is 11.8 Å². The number of halogens is 1. The maximum Gasteiger partial charge on any atom is 0.184 e. The lowest BCUT2D eigenvalue weighted by molar-refractivity contribution is -0.266. The van der Waals surface area contributed by atoms with E-state index in [4.69, 9.17) is 36.3 Å². The van der Waals surface area contributed by atoms with Gasteiger partial charge in [0.2, 0.25) is 0 Å². The zero-order chi connectivity index (χ0) is 23.9. The summed E-state index contributed by atoms with van der Waals surface area (Å²) in [7, 11) is 1.62. The molecule has 1 aliphatic rings. The van der Waals surface area contributed by atoms with Crippen LogP contribution in [0.3, 0.4) is 0 Å². The molecule has 2 aromatic heterocycles. The number of rotatable bonds is 9. The number of thioether (sulfide) groups is 1. The smallest absolute Gasteiger partial charge is 0.184 e. The number of nitrogens with two attached hydrogens (primary N) is 1. The van der Waals surface area contributed by atoms with E-state index in [-0.39, 0.29) is 24.9 Å². The number of pyridine rings is 2. The molecule has 0 aliphatic carbocycles. The number of aromatic nitrogens is 2. The molecule has 3 heterocycles. The van der Waals surface area contributed by atoms with Gasteiger partial charge in [0.05, 0.1) is 23.4 Å². The fourth-order valence-electron chi connectivity index (χ4n) is 3.59. The van der Waals surface area contributed by atoms with Gasteiger partial charge >= 0.3 is 0 Å². The Morgan fingerprint density at radius 2 is 1.97 bits per heavy atom. The first-order chi connectivity index (χ1) is 16.6. The van der Waals surface area contributed by atoms with E-state index in [1.54, 1.807) is 19.5 Å². The van der Waals surface area contributed by atoms with Crippen molar-refractivity contribution in [3.05, 3.63) is 77.6 Å². The number of hydrogen-bond donors (Lipinski definition) is 1. The van der Waals surface area contributed by atoms with Crippen molar-refractivity contribution in [3.63, 3.8) is 0 Å². The summed E-state index contributed by atoms with van der Waals surface area (Å²) in [4.78, 5) is 9.79. The highest BCUT2D eigenvalue weighted by molar-refractivity contribution is 8.00. The van der Waals surface area contributed by atoms with Gasteiger partial charge in [0.25, 0.3) is 0 Å². The predicted molar refractivity (Wildman–Crippen MR) is 133 cm³/mol. The van der Waals surface area contributed by atoms with Crippen molar-refractivity contribution in [2.24, 2.45) is 5.73 Å². The molecule has 3 unspecified atom stereocenters. The van der Waals surface area contributed by atoms with Crippen LogP contribution in [-0.4, -0.2) is 54.0 Å². The number of methoxy groups -OCH3 is 1. The van der Waals surface area contributed by atoms with E-state index in [0.717, 1.165) is 16.2 Å². The third kappa shape index (κ3) is 6.14. The Bertz CT molecular complexity index is 1040. The summed E-state index contributed by atoms with van der Waals surface area (Å²) in [6.07, 6.45) is 2.02. The summed E-state index contributed by atoms with van der Waals surface area (Å²) in [5.74, 6) is 0. The largest absolute Gasteiger partial charge is 0.376 e. The fraction of sp³-hybridized carbons (Fsp3) is 0.360. The maximum absolute atomic E-state index is 6.48. The van der Waals surface area contributed by atoms with E-state index in [2.05, 4.69) is 9.97 Å². The molecule has 5 atom stereocenters. The lowest BCUT2D eigenvalue weighted by Gasteiger charge is -2.37. The molecule has 1 aliphatic heterocycles. The Hall–Kier alpha value is -2.04. The van der Waals surface area contributed by atoms with E-state index < -0.39 is 11.7 Å². The Kier molecular flexibility index (Phi) is 8.91. The first-order valence-corrected chi connectivity index (χ1v) is 12.3. The van der Waals surface area contributed by atoms with Gasteiger partial charge in [-0.05, 0) is 25.1 Å². The Labute approximate surface area is 208 Å². The van der Waals surface area contributed by atoms with E-state index in [0.29, 0.717) is 17.3 Å². The van der Waals surface area contributed by atoms with Crippen molar-refractivity contribution >= 4 is 23.4 Å². The van der Waals surface area contributed by atoms with E-state index in [9.17, 15) is 0 Å². The molecule has 3 aromatic rings. The van der Waals surface area contributed by atoms with Crippen molar-refractivity contribution in [3.8, 4) is 11.4 Å². The molecule has 0 saturated carbocycles. The van der Waals surface area contributed by atoms with Crippen molar-refractivity contribution in [2.75, 3.05) is 20.3 Å². The second-order valence-corrected chi connectivity index (χ2v) is 9.38. The van der Waals surface area contributed by atoms with Crippen LogP contribution in [0.15, 0.2) is 71.9 Å². The summed E-state index contributed by atoms with van der Waals surface area (Å²) < 4.78 is 24.2. The van der Waals surface area contributed by atoms with Crippen molar-refractivity contribution < 1.29 is 18.9 Å². The molecule has 0 radical (unpaired) electrons. The molecular weight excluding hydrogens is 474 g/mol. The van der Waals surface area contributed by atoms with Gasteiger partial charge in [-0.25, -0.2) is 0 Å². The lowest BCUT2D eigenvalue weighted by atomic mass is 10.1. The number of benzene rings is 1. The highest BCUT2D eigenvalue weighted by atomic mass is 35.5. The Morgan fingerprint density at radius 1 is 1.18 bits per heavy atom. The Balaban J connectivity index is 1.53. The monoisotopic (exact) mass is 501 g/mol. The number of nitrogens with zero attached hydrogens (tertiary/aromatic N) is 2. The predicted octanol–water partition coefficient (Wildman–Crippen LogP) is 4.71. The van der Waals surface area contributed by atoms with Crippen LogP contribution < -0.4 is 5.73 Å². The minimum Gasteiger partial charge on any atom is -0.376 e. The first-order valence-electron chi connectivity index (χ1n) is 11.0. The number of ether oxygens (including phenoxy) is 4. The molecule has 9 heteroatoms. The SMILES string of the molecule is CO[C@@H](CN)C(OC1COC(c2ccccc2)O[C@@H]1C)Sc1cc(Cl)cnc1-c1ccccn1. The molecular formula is C25H28ClN3O4S. The summed E-state index contributed by atoms with van der Waals surface area (Å²) in [6.45, 7) is 2.63. The second kappa shape index (κ2) is 12.1. The quantitative estimate of drug-likeness (QED) is 0.333. The zero-order valence-electron chi connectivity index (χ0n) is 19.0. The summed E-state index contributed by atoms with van der Waals surface area (Å²) in [5, 5.41) is 0.519. The topological polar surface area (TPSA) is 88.7 Å². The molecule has 4 rings (SSSR count). The first kappa shape index (κ1) is 25.1. The van der Waals surface area contributed by atoms with Crippen LogP contribution in [0.4, 0.5) is 0 Å². The molecule has 7 nitrogen and oxygen atoms in total. The molecule has 34 heavy (non-hydrogen) atoms. The van der Waals surface area contributed by atoms with Crippen molar-refractivity contribution in [2.45, 2.75) is 41.9 Å². The van der Waals surface area contributed by atoms with Crippen LogP contribution in [0.5, 0.6) is 0 Å². The summed E-state index contributed by atoms with van der Waals surface area (Å²) >= 11 is 7.74. The molecule has 1 fully saturated rings. The van der Waals surface area contributed by atoms with Gasteiger partial charge in [-0.1, -0.05) is 59.8 Å². The highest BCUT2D eigenvalue weighted by Crippen LogP contribution is 2.37. The van der Waals surface area contributed by atoms with Crippen LogP contribution in [-0.2, 0) is 18.9 Å². The summed E-state index contributed by atoms with van der Waals surface area (Å²) in [6, 6.07) is 17.4. The molecule has 0 bridgehead atoms. The third-order valence-electron chi connectivity index (χ3n) is 5.46. The number of hydrogen-bond acceptors (Lipinski definition) is 8. The van der Waals surface area contributed by atoms with E-state index in [1.807, 2.05) is 61.5 Å². The van der Waals surface area contributed by atoms with Gasteiger partial charge in [-0.2, -0.15) is 0 Å². The van der Waals surface area contributed by atoms with Crippen LogP contribution in [0.2, 0.25) is 5.02 Å². The van der Waals surface area contributed by atoms with Crippen molar-refractivity contribution in [1.29, 1.82) is 0 Å². The van der Waals surface area contributed by atoms with Crippen LogP contribution in [0.25, 0.3) is 11.4 Å². The van der Waals surface area contributed by atoms with Crippen LogP contribution in [0, 0.1) is 0 Å². The van der Waals surface area contributed by atoms with Crippen LogP contribution >= 0.6 is 23.4 Å². The zero-order valence-corrected chi connectivity index (χ0v) is 20.6. The van der Waals surface area contributed by atoms with Gasteiger partial charge in [-0.3, -0.25) is 9.97 Å². The molecule has 1 saturated heterocycles. The molecule has 2 N–H and O–H groups in total. The highest BCUT2D eigenvalue weighted by Gasteiger charge is 2.35. The average molecular weight is 502 g/mol. The van der Waals surface area contributed by atoms with Gasteiger partial charge < -0.3 is 24.7 Å². The Morgan fingerprint density at radius 3 is 2.65 bits per heavy atom. The van der Waals surface area contributed by atoms with Gasteiger partial charge in [0.15, 0.2) is 6.29 Å². The van der Waals surface area contributed by atoms with Gasteiger partial charge in [-0.15, -0.1) is 0 Å². The van der Waals surface area contributed by atoms with Crippen molar-refractivity contribution in [1.82, 2.24) is 9.97 Å². The fourth-order valence-corrected chi connectivity index (χ4v) is 5.10. The molecule has 0 amide bonds. The van der Waals surface area contributed by atoms with Gasteiger partial charge in [0, 0.05) is 36.5 Å². The third-order valence-corrected chi connectivity index (χ3v) is 6.88. The summed E-state index contributed by atoms with van der Waals surface area (Å²) in [5.41, 5.74) is 7.99. The second-order valence-electron chi connectivity index (χ2n) is 7.80. The standard InChI is InChI=1S/C25H28ClN3O4S/c1-16-21(15-31-24(32-16)17-8-4-3-5-9-17)33-25(20(13-27)30-2)34-22-12-18(26)14-29-23(22)19-10-6-7-11-28-19/h3-12,14,16,20-21,24-25H,13,15,27H2,1-2H3/t16-,20+,21?,24?,25?/m1/s1.